The van der Waals surface area contributed by atoms with Gasteiger partial charge in [0.1, 0.15) is 5.82 Å². The Morgan fingerprint density at radius 2 is 1.69 bits per heavy atom. The van der Waals surface area contributed by atoms with Crippen molar-refractivity contribution < 1.29 is 27.1 Å². The predicted molar refractivity (Wildman–Crippen MR) is 129 cm³/mol. The van der Waals surface area contributed by atoms with Crippen molar-refractivity contribution >= 4 is 33.2 Å². The summed E-state index contributed by atoms with van der Waals surface area (Å²) in [6, 6.07) is 9.95. The van der Waals surface area contributed by atoms with Crippen LogP contribution in [0.5, 0.6) is 0 Å². The van der Waals surface area contributed by atoms with Crippen LogP contribution in [0.15, 0.2) is 47.4 Å². The Labute approximate surface area is 204 Å². The minimum atomic E-state index is -3.80. The third kappa shape index (κ3) is 5.80. The molecule has 2 fully saturated rings. The van der Waals surface area contributed by atoms with E-state index in [0.717, 1.165) is 25.9 Å². The van der Waals surface area contributed by atoms with Crippen LogP contribution in [0, 0.1) is 5.82 Å². The predicted octanol–water partition coefficient (Wildman–Crippen LogP) is 2.16. The molecule has 35 heavy (non-hydrogen) atoms. The summed E-state index contributed by atoms with van der Waals surface area (Å²) in [5, 5.41) is 2.63. The minimum Gasteiger partial charge on any atom is -0.379 e. The minimum absolute atomic E-state index is 0.0369. The molecule has 0 bridgehead atoms. The fraction of sp³-hybridized carbons (Fsp3) is 0.417. The maximum atomic E-state index is 13.5. The molecule has 0 radical (unpaired) electrons. The second kappa shape index (κ2) is 10.7. The van der Waals surface area contributed by atoms with E-state index < -0.39 is 27.7 Å². The number of rotatable bonds is 7. The molecule has 2 amide bonds. The number of hydrogen-bond donors (Lipinski definition) is 1. The first-order valence-corrected chi connectivity index (χ1v) is 13.0. The number of nitrogens with zero attached hydrogens (tertiary/aromatic N) is 3. The number of benzene rings is 2. The summed E-state index contributed by atoms with van der Waals surface area (Å²) in [7, 11) is -2.31. The quantitative estimate of drug-likeness (QED) is 0.621. The number of morpholine rings is 1. The summed E-state index contributed by atoms with van der Waals surface area (Å²) in [6.07, 6.45) is 1.97. The Morgan fingerprint density at radius 3 is 2.34 bits per heavy atom. The van der Waals surface area contributed by atoms with E-state index in [-0.39, 0.29) is 30.1 Å². The van der Waals surface area contributed by atoms with Crippen LogP contribution in [0.1, 0.15) is 23.2 Å². The molecular formula is C24H29FN4O5S. The topological polar surface area (TPSA) is 99.3 Å². The fourth-order valence-electron chi connectivity index (χ4n) is 4.24. The molecule has 0 aromatic heterocycles. The van der Waals surface area contributed by atoms with Crippen LogP contribution in [-0.2, 0) is 19.6 Å². The molecule has 0 saturated carbocycles. The van der Waals surface area contributed by atoms with Crippen molar-refractivity contribution in [3.63, 3.8) is 0 Å². The van der Waals surface area contributed by atoms with Gasteiger partial charge in [-0.25, -0.2) is 12.8 Å². The van der Waals surface area contributed by atoms with E-state index in [1.54, 1.807) is 6.07 Å². The van der Waals surface area contributed by atoms with Crippen molar-refractivity contribution in [3.05, 3.63) is 53.8 Å². The van der Waals surface area contributed by atoms with Crippen molar-refractivity contribution in [2.45, 2.75) is 17.7 Å². The number of sulfonamides is 1. The molecule has 1 N–H and O–H groups in total. The fourth-order valence-corrected chi connectivity index (χ4v) is 5.68. The highest BCUT2D eigenvalue weighted by atomic mass is 32.2. The lowest BCUT2D eigenvalue weighted by Crippen LogP contribution is -2.41. The third-order valence-electron chi connectivity index (χ3n) is 6.11. The zero-order valence-electron chi connectivity index (χ0n) is 19.6. The van der Waals surface area contributed by atoms with E-state index in [9.17, 15) is 22.4 Å². The zero-order chi connectivity index (χ0) is 25.0. The number of amides is 2. The number of carbonyl (C=O) groups excluding carboxylic acids is 2. The average Bonchev–Trinajstić information content (AvgIpc) is 3.40. The lowest BCUT2D eigenvalue weighted by Gasteiger charge is -2.28. The van der Waals surface area contributed by atoms with Crippen LogP contribution in [0.25, 0.3) is 0 Å². The van der Waals surface area contributed by atoms with E-state index in [1.807, 2.05) is 0 Å². The van der Waals surface area contributed by atoms with Gasteiger partial charge in [0.25, 0.3) is 5.91 Å². The van der Waals surface area contributed by atoms with E-state index in [0.29, 0.717) is 24.6 Å². The maximum absolute atomic E-state index is 13.5. The van der Waals surface area contributed by atoms with Gasteiger partial charge < -0.3 is 19.9 Å². The molecule has 4 rings (SSSR count). The number of nitrogens with one attached hydrogen (secondary N) is 1. The Balaban J connectivity index is 1.57. The molecular weight excluding hydrogens is 475 g/mol. The largest absolute Gasteiger partial charge is 0.379 e. The van der Waals surface area contributed by atoms with Gasteiger partial charge in [0.2, 0.25) is 15.9 Å². The monoisotopic (exact) mass is 504 g/mol. The average molecular weight is 505 g/mol. The highest BCUT2D eigenvalue weighted by Gasteiger charge is 2.30. The third-order valence-corrected chi connectivity index (χ3v) is 8.00. The van der Waals surface area contributed by atoms with Gasteiger partial charge in [-0.2, -0.15) is 4.31 Å². The molecule has 2 aliphatic heterocycles. The van der Waals surface area contributed by atoms with Crippen molar-refractivity contribution in [2.75, 3.05) is 63.2 Å². The summed E-state index contributed by atoms with van der Waals surface area (Å²) in [5.41, 5.74) is 1.30. The number of ether oxygens (including phenoxy) is 1. The van der Waals surface area contributed by atoms with Gasteiger partial charge in [-0.3, -0.25) is 9.59 Å². The smallest absolute Gasteiger partial charge is 0.256 e. The first-order valence-electron chi connectivity index (χ1n) is 11.5. The molecule has 11 heteroatoms. The molecule has 0 atom stereocenters. The summed E-state index contributed by atoms with van der Waals surface area (Å²) < 4.78 is 46.2. The Morgan fingerprint density at radius 1 is 1.03 bits per heavy atom. The van der Waals surface area contributed by atoms with Gasteiger partial charge in [0.05, 0.1) is 30.2 Å². The lowest BCUT2D eigenvalue weighted by atomic mass is 10.1. The standard InChI is InChI=1S/C24H29FN4O5S/c1-27(17-23(30)26-19-6-4-18(25)5-7-19)24(31)21-16-20(8-9-22(21)28-10-2-3-11-28)35(32,33)29-12-14-34-15-13-29/h4-9,16H,2-3,10-15,17H2,1H3,(H,26,30). The second-order valence-corrected chi connectivity index (χ2v) is 10.5. The van der Waals surface area contributed by atoms with E-state index >= 15 is 0 Å². The van der Waals surface area contributed by atoms with Crippen LogP contribution in [0.3, 0.4) is 0 Å². The molecule has 9 nitrogen and oxygen atoms in total. The van der Waals surface area contributed by atoms with Crippen LogP contribution in [-0.4, -0.2) is 82.4 Å². The first kappa shape index (κ1) is 25.1. The molecule has 2 aromatic rings. The molecule has 0 spiro atoms. The SMILES string of the molecule is CN(CC(=O)Nc1ccc(F)cc1)C(=O)c1cc(S(=O)(=O)N2CCOCC2)ccc1N1CCCC1. The van der Waals surface area contributed by atoms with Crippen LogP contribution < -0.4 is 10.2 Å². The van der Waals surface area contributed by atoms with Gasteiger partial charge in [-0.05, 0) is 55.3 Å². The van der Waals surface area contributed by atoms with Gasteiger partial charge in [0.15, 0.2) is 0 Å². The number of carbonyl (C=O) groups is 2. The number of hydrogen-bond acceptors (Lipinski definition) is 6. The summed E-state index contributed by atoms with van der Waals surface area (Å²) in [5.74, 6) is -1.33. The van der Waals surface area contributed by atoms with Crippen LogP contribution >= 0.6 is 0 Å². The van der Waals surface area contributed by atoms with Gasteiger partial charge >= 0.3 is 0 Å². The lowest BCUT2D eigenvalue weighted by molar-refractivity contribution is -0.116. The summed E-state index contributed by atoms with van der Waals surface area (Å²) >= 11 is 0. The van der Waals surface area contributed by atoms with Gasteiger partial charge in [-0.1, -0.05) is 0 Å². The Bertz CT molecular complexity index is 1180. The molecule has 2 heterocycles. The second-order valence-electron chi connectivity index (χ2n) is 8.61. The van der Waals surface area contributed by atoms with Crippen molar-refractivity contribution in [2.24, 2.45) is 0 Å². The number of likely N-dealkylation sites (N-methyl/N-ethyl adjacent to an activating group) is 1. The zero-order valence-corrected chi connectivity index (χ0v) is 20.4. The molecule has 188 valence electrons. The van der Waals surface area contributed by atoms with E-state index in [2.05, 4.69) is 10.2 Å². The molecule has 0 aliphatic carbocycles. The van der Waals surface area contributed by atoms with Crippen LogP contribution in [0.4, 0.5) is 15.8 Å². The Hall–Kier alpha value is -3.02. The summed E-state index contributed by atoms with van der Waals surface area (Å²) in [4.78, 5) is 29.3. The highest BCUT2D eigenvalue weighted by Crippen LogP contribution is 2.29. The maximum Gasteiger partial charge on any atom is 0.256 e. The molecule has 2 saturated heterocycles. The van der Waals surface area contributed by atoms with Crippen molar-refractivity contribution in [3.8, 4) is 0 Å². The first-order chi connectivity index (χ1) is 16.8. The van der Waals surface area contributed by atoms with Gasteiger partial charge in [0, 0.05) is 44.6 Å². The van der Waals surface area contributed by atoms with E-state index in [4.69, 9.17) is 4.74 Å². The van der Waals surface area contributed by atoms with Crippen LogP contribution in [0.2, 0.25) is 0 Å². The molecule has 2 aliphatic rings. The van der Waals surface area contributed by atoms with Crippen molar-refractivity contribution in [1.29, 1.82) is 0 Å². The Kier molecular flexibility index (Phi) is 7.68. The van der Waals surface area contributed by atoms with Crippen molar-refractivity contribution in [1.82, 2.24) is 9.21 Å². The summed E-state index contributed by atoms with van der Waals surface area (Å²) in [6.45, 7) is 2.43. The molecule has 2 aromatic carbocycles. The number of halogens is 1. The van der Waals surface area contributed by atoms with E-state index in [1.165, 1.54) is 52.7 Å². The van der Waals surface area contributed by atoms with Gasteiger partial charge in [-0.15, -0.1) is 0 Å². The number of anilines is 2. The molecule has 0 unspecified atom stereocenters. The normalized spacial score (nSPS) is 16.8. The highest BCUT2D eigenvalue weighted by molar-refractivity contribution is 7.89.